The minimum atomic E-state index is -0.145. The smallest absolute Gasteiger partial charge is 0.181 e. The molecule has 1 aromatic heterocycles. The summed E-state index contributed by atoms with van der Waals surface area (Å²) in [5, 5.41) is 0.925. The number of piperazine rings is 1. The van der Waals surface area contributed by atoms with Crippen LogP contribution in [-0.2, 0) is 0 Å². The number of hydrogen-bond donors (Lipinski definition) is 1. The molecular weight excluding hydrogens is 338 g/mol. The molecule has 2 aromatic carbocycles. The largest absolute Gasteiger partial charge is 0.497 e. The van der Waals surface area contributed by atoms with Crippen LogP contribution in [0.15, 0.2) is 54.7 Å². The number of Topliss-reactive ketones (excluding diaryl/α,β-unsaturated/α-hetero) is 1. The Balaban J connectivity index is 1.47. The normalized spacial score (nSPS) is 16.4. The topological polar surface area (TPSA) is 48.6 Å². The molecule has 0 saturated carbocycles. The number of carbonyl (C=O) groups excluding carboxylic acids is 1. The van der Waals surface area contributed by atoms with Gasteiger partial charge in [0.1, 0.15) is 5.75 Å². The first-order valence-corrected chi connectivity index (χ1v) is 9.41. The molecule has 4 rings (SSSR count). The van der Waals surface area contributed by atoms with Crippen molar-refractivity contribution in [2.45, 2.75) is 13.0 Å². The standard InChI is InChI=1S/C22H25N3O2/c1-16(24-10-12-25(13-11-24)17-6-4-3-5-7-17)22(26)20-15-23-21-9-8-18(27-2)14-19(20)21/h3-9,14-16,23H,10-13H2,1-2H3/t16-/m0/s1. The van der Waals surface area contributed by atoms with Crippen LogP contribution in [0.25, 0.3) is 10.9 Å². The highest BCUT2D eigenvalue weighted by Gasteiger charge is 2.27. The van der Waals surface area contributed by atoms with Gasteiger partial charge >= 0.3 is 0 Å². The quantitative estimate of drug-likeness (QED) is 0.704. The van der Waals surface area contributed by atoms with E-state index in [1.165, 1.54) is 5.69 Å². The van der Waals surface area contributed by atoms with Crippen molar-refractivity contribution in [3.63, 3.8) is 0 Å². The number of methoxy groups -OCH3 is 1. The Kier molecular flexibility index (Phi) is 4.86. The van der Waals surface area contributed by atoms with Crippen molar-refractivity contribution >= 4 is 22.4 Å². The maximum Gasteiger partial charge on any atom is 0.181 e. The highest BCUT2D eigenvalue weighted by atomic mass is 16.5. The summed E-state index contributed by atoms with van der Waals surface area (Å²) in [7, 11) is 1.64. The van der Waals surface area contributed by atoms with Gasteiger partial charge in [0, 0.05) is 54.5 Å². The number of nitrogens with one attached hydrogen (secondary N) is 1. The molecule has 5 heteroatoms. The summed E-state index contributed by atoms with van der Waals surface area (Å²) in [5.74, 6) is 0.919. The number of nitrogens with zero attached hydrogens (tertiary/aromatic N) is 2. The molecular formula is C22H25N3O2. The summed E-state index contributed by atoms with van der Waals surface area (Å²) in [4.78, 5) is 21.0. The lowest BCUT2D eigenvalue weighted by atomic mass is 10.0. The van der Waals surface area contributed by atoms with Crippen LogP contribution in [0.1, 0.15) is 17.3 Å². The Morgan fingerprint density at radius 2 is 1.81 bits per heavy atom. The van der Waals surface area contributed by atoms with Crippen molar-refractivity contribution in [2.75, 3.05) is 38.2 Å². The number of aromatic nitrogens is 1. The summed E-state index contributed by atoms with van der Waals surface area (Å²) in [6.07, 6.45) is 1.82. The monoisotopic (exact) mass is 363 g/mol. The van der Waals surface area contributed by atoms with E-state index in [2.05, 4.69) is 39.0 Å². The Hall–Kier alpha value is -2.79. The van der Waals surface area contributed by atoms with Gasteiger partial charge in [-0.25, -0.2) is 0 Å². The maximum absolute atomic E-state index is 13.2. The van der Waals surface area contributed by atoms with Crippen molar-refractivity contribution < 1.29 is 9.53 Å². The Labute approximate surface area is 159 Å². The number of hydrogen-bond acceptors (Lipinski definition) is 4. The van der Waals surface area contributed by atoms with E-state index >= 15 is 0 Å². The highest BCUT2D eigenvalue weighted by Crippen LogP contribution is 2.26. The minimum absolute atomic E-state index is 0.145. The molecule has 0 amide bonds. The predicted octanol–water partition coefficient (Wildman–Crippen LogP) is 3.57. The zero-order valence-electron chi connectivity index (χ0n) is 15.8. The molecule has 0 aliphatic carbocycles. The first-order valence-electron chi connectivity index (χ1n) is 9.41. The Morgan fingerprint density at radius 1 is 1.07 bits per heavy atom. The number of ketones is 1. The zero-order chi connectivity index (χ0) is 18.8. The number of ether oxygens (including phenoxy) is 1. The molecule has 3 aromatic rings. The fraction of sp³-hybridized carbons (Fsp3) is 0.318. The third-order valence-electron chi connectivity index (χ3n) is 5.52. The molecule has 1 aliphatic rings. The maximum atomic E-state index is 13.2. The molecule has 2 heterocycles. The number of benzene rings is 2. The minimum Gasteiger partial charge on any atom is -0.497 e. The van der Waals surface area contributed by atoms with Crippen LogP contribution in [0.3, 0.4) is 0 Å². The van der Waals surface area contributed by atoms with Gasteiger partial charge in [-0.1, -0.05) is 18.2 Å². The number of fused-ring (bicyclic) bond motifs is 1. The lowest BCUT2D eigenvalue weighted by Crippen LogP contribution is -2.51. The second-order valence-corrected chi connectivity index (χ2v) is 7.01. The lowest BCUT2D eigenvalue weighted by molar-refractivity contribution is 0.0831. The average Bonchev–Trinajstić information content (AvgIpc) is 3.16. The van der Waals surface area contributed by atoms with Gasteiger partial charge in [0.05, 0.1) is 13.2 Å². The van der Waals surface area contributed by atoms with Crippen molar-refractivity contribution in [1.29, 1.82) is 0 Å². The number of para-hydroxylation sites is 1. The molecule has 1 N–H and O–H groups in total. The van der Waals surface area contributed by atoms with Crippen molar-refractivity contribution in [2.24, 2.45) is 0 Å². The summed E-state index contributed by atoms with van der Waals surface area (Å²) < 4.78 is 5.32. The molecule has 1 atom stereocenters. The van der Waals surface area contributed by atoms with Gasteiger partial charge in [-0.2, -0.15) is 0 Å². The SMILES string of the molecule is COc1ccc2[nH]cc(C(=O)[C@H](C)N3CCN(c4ccccc4)CC3)c2c1. The van der Waals surface area contributed by atoms with Gasteiger partial charge in [0.25, 0.3) is 0 Å². The number of rotatable bonds is 5. The van der Waals surface area contributed by atoms with Gasteiger partial charge in [0.15, 0.2) is 5.78 Å². The van der Waals surface area contributed by atoms with E-state index in [-0.39, 0.29) is 11.8 Å². The molecule has 1 fully saturated rings. The van der Waals surface area contributed by atoms with Crippen LogP contribution < -0.4 is 9.64 Å². The number of anilines is 1. The van der Waals surface area contributed by atoms with E-state index in [1.807, 2.05) is 37.4 Å². The molecule has 0 radical (unpaired) electrons. The summed E-state index contributed by atoms with van der Waals surface area (Å²) in [5.41, 5.74) is 2.95. The number of carbonyl (C=O) groups is 1. The number of aromatic amines is 1. The van der Waals surface area contributed by atoms with Crippen LogP contribution in [0.5, 0.6) is 5.75 Å². The molecule has 0 unspecified atom stereocenters. The fourth-order valence-corrected chi connectivity index (χ4v) is 3.83. The van der Waals surface area contributed by atoms with E-state index in [0.29, 0.717) is 0 Å². The molecule has 1 aliphatic heterocycles. The summed E-state index contributed by atoms with van der Waals surface area (Å²) in [6.45, 7) is 5.65. The Bertz CT molecular complexity index is 927. The molecule has 27 heavy (non-hydrogen) atoms. The number of H-pyrrole nitrogens is 1. The van der Waals surface area contributed by atoms with Crippen LogP contribution >= 0.6 is 0 Å². The van der Waals surface area contributed by atoms with E-state index < -0.39 is 0 Å². The van der Waals surface area contributed by atoms with E-state index in [1.54, 1.807) is 7.11 Å². The molecule has 0 bridgehead atoms. The summed E-state index contributed by atoms with van der Waals surface area (Å²) in [6, 6.07) is 16.1. The highest BCUT2D eigenvalue weighted by molar-refractivity contribution is 6.10. The first-order chi connectivity index (χ1) is 13.2. The third-order valence-corrected chi connectivity index (χ3v) is 5.52. The molecule has 1 saturated heterocycles. The average molecular weight is 363 g/mol. The second-order valence-electron chi connectivity index (χ2n) is 7.01. The van der Waals surface area contributed by atoms with Gasteiger partial charge in [0.2, 0.25) is 0 Å². The van der Waals surface area contributed by atoms with Gasteiger partial charge < -0.3 is 14.6 Å². The Morgan fingerprint density at radius 3 is 2.52 bits per heavy atom. The zero-order valence-corrected chi connectivity index (χ0v) is 15.8. The van der Waals surface area contributed by atoms with Gasteiger partial charge in [-0.3, -0.25) is 9.69 Å². The lowest BCUT2D eigenvalue weighted by Gasteiger charge is -2.38. The van der Waals surface area contributed by atoms with Crippen LogP contribution in [0, 0.1) is 0 Å². The van der Waals surface area contributed by atoms with Crippen LogP contribution in [0.2, 0.25) is 0 Å². The first kappa shape index (κ1) is 17.6. The molecule has 0 spiro atoms. The molecule has 140 valence electrons. The molecule has 5 nitrogen and oxygen atoms in total. The van der Waals surface area contributed by atoms with Crippen LogP contribution in [-0.4, -0.2) is 55.0 Å². The van der Waals surface area contributed by atoms with Crippen molar-refractivity contribution in [3.8, 4) is 5.75 Å². The predicted molar refractivity (Wildman–Crippen MR) is 109 cm³/mol. The van der Waals surface area contributed by atoms with Gasteiger partial charge in [-0.15, -0.1) is 0 Å². The van der Waals surface area contributed by atoms with E-state index in [9.17, 15) is 4.79 Å². The van der Waals surface area contributed by atoms with Crippen molar-refractivity contribution in [3.05, 3.63) is 60.3 Å². The summed E-state index contributed by atoms with van der Waals surface area (Å²) >= 11 is 0. The van der Waals surface area contributed by atoms with Gasteiger partial charge in [-0.05, 0) is 37.3 Å². The fourth-order valence-electron chi connectivity index (χ4n) is 3.83. The third kappa shape index (κ3) is 3.43. The van der Waals surface area contributed by atoms with Crippen molar-refractivity contribution in [1.82, 2.24) is 9.88 Å². The second kappa shape index (κ2) is 7.45. The van der Waals surface area contributed by atoms with Crippen LogP contribution in [0.4, 0.5) is 5.69 Å². The van der Waals surface area contributed by atoms with E-state index in [0.717, 1.165) is 48.4 Å². The van der Waals surface area contributed by atoms with E-state index in [4.69, 9.17) is 4.74 Å².